The van der Waals surface area contributed by atoms with E-state index in [0.717, 1.165) is 4.57 Å². The summed E-state index contributed by atoms with van der Waals surface area (Å²) in [4.78, 5) is 40.5. The largest absolute Gasteiger partial charge is 0.462 e. The van der Waals surface area contributed by atoms with Crippen LogP contribution in [-0.2, 0) is 30.1 Å². The maximum Gasteiger partial charge on any atom is 0.351 e. The fourth-order valence-corrected chi connectivity index (χ4v) is 4.01. The number of amides is 1. The van der Waals surface area contributed by atoms with E-state index in [2.05, 4.69) is 15.4 Å². The molecule has 3 N–H and O–H groups in total. The first-order chi connectivity index (χ1) is 18.6. The van der Waals surface area contributed by atoms with Gasteiger partial charge in [-0.3, -0.25) is 18.7 Å². The van der Waals surface area contributed by atoms with Crippen molar-refractivity contribution < 1.29 is 47.1 Å². The minimum Gasteiger partial charge on any atom is -0.462 e. The minimum absolute atomic E-state index is 0.0302. The Balaban J connectivity index is 1.53. The van der Waals surface area contributed by atoms with Crippen LogP contribution in [0.2, 0.25) is 0 Å². The maximum absolute atomic E-state index is 13.1. The van der Waals surface area contributed by atoms with Crippen LogP contribution in [0.3, 0.4) is 0 Å². The van der Waals surface area contributed by atoms with Gasteiger partial charge in [-0.05, 0) is 45.0 Å². The molecule has 0 spiro atoms. The number of rotatable bonds is 14. The zero-order valence-corrected chi connectivity index (χ0v) is 22.4. The lowest BCUT2D eigenvalue weighted by Gasteiger charge is -2.22. The second-order valence-corrected chi connectivity index (χ2v) is 9.75. The number of nitrogens with zero attached hydrogens (tertiary/aromatic N) is 2. The summed E-state index contributed by atoms with van der Waals surface area (Å²) in [6.07, 6.45) is -2.04. The van der Waals surface area contributed by atoms with E-state index < -0.39 is 64.0 Å². The average Bonchev–Trinajstić information content (AvgIpc) is 3.36. The van der Waals surface area contributed by atoms with Crippen LogP contribution in [0.5, 0.6) is 11.5 Å². The molecule has 1 aliphatic rings. The van der Waals surface area contributed by atoms with Gasteiger partial charge in [0, 0.05) is 11.8 Å². The topological polar surface area (TPSA) is 177 Å². The average molecular weight is 572 g/mol. The molecule has 0 fully saturated rings. The van der Waals surface area contributed by atoms with Gasteiger partial charge in [-0.2, -0.15) is 4.98 Å². The predicted molar refractivity (Wildman–Crippen MR) is 135 cm³/mol. The van der Waals surface area contributed by atoms with E-state index in [1.54, 1.807) is 19.9 Å². The second kappa shape index (κ2) is 14.1. The number of fused-ring (bicyclic) bond motifs is 1. The maximum atomic E-state index is 13.1. The van der Waals surface area contributed by atoms with Crippen LogP contribution in [0.25, 0.3) is 0 Å². The van der Waals surface area contributed by atoms with Crippen molar-refractivity contribution >= 4 is 25.9 Å². The number of aromatic nitrogens is 2. The Morgan fingerprint density at radius 1 is 1.23 bits per heavy atom. The highest BCUT2D eigenvalue weighted by molar-refractivity contribution is 7.36. The van der Waals surface area contributed by atoms with Gasteiger partial charge in [0.15, 0.2) is 11.5 Å². The number of ether oxygens (including phenoxy) is 4. The smallest absolute Gasteiger partial charge is 0.351 e. The lowest BCUT2D eigenvalue weighted by Crippen LogP contribution is -2.37. The second-order valence-electron chi connectivity index (χ2n) is 8.59. The monoisotopic (exact) mass is 572 g/mol. The Morgan fingerprint density at radius 3 is 2.67 bits per heavy atom. The number of carbonyl (C=O) groups excluding carboxylic acids is 2. The van der Waals surface area contributed by atoms with Crippen LogP contribution in [0.4, 0.5) is 10.2 Å². The fraction of sp³-hybridized carbons (Fsp3) is 0.478. The van der Waals surface area contributed by atoms with E-state index in [9.17, 15) is 28.4 Å². The van der Waals surface area contributed by atoms with Crippen LogP contribution < -0.4 is 25.6 Å². The van der Waals surface area contributed by atoms with Crippen molar-refractivity contribution in [2.75, 3.05) is 25.4 Å². The lowest BCUT2D eigenvalue weighted by atomic mass is 10.2. The van der Waals surface area contributed by atoms with Crippen molar-refractivity contribution in [3.05, 3.63) is 46.5 Å². The first kappa shape index (κ1) is 30.2. The SMILES string of the molecule is CC(C)OC(=O)[C@H](C)N[PH](=O)OCC(OCn1ccc(NC(=O)c2ccc3c(c2)OCO3)nc1=O)[C@H](O)CF. The van der Waals surface area contributed by atoms with E-state index >= 15 is 0 Å². The molecule has 214 valence electrons. The molecule has 4 atom stereocenters. The van der Waals surface area contributed by atoms with Gasteiger partial charge in [0.1, 0.15) is 37.5 Å². The molecule has 1 aromatic heterocycles. The summed E-state index contributed by atoms with van der Waals surface area (Å²) in [5.74, 6) is -0.267. The van der Waals surface area contributed by atoms with Crippen LogP contribution in [0.1, 0.15) is 31.1 Å². The Morgan fingerprint density at radius 2 is 1.97 bits per heavy atom. The summed E-state index contributed by atoms with van der Waals surface area (Å²) in [7, 11) is -2.99. The Bertz CT molecular complexity index is 1240. The van der Waals surface area contributed by atoms with Crippen LogP contribution in [0, 0.1) is 0 Å². The molecule has 0 radical (unpaired) electrons. The quantitative estimate of drug-likeness (QED) is 0.218. The normalized spacial score (nSPS) is 15.4. The molecule has 1 aromatic carbocycles. The van der Waals surface area contributed by atoms with Gasteiger partial charge in [0.2, 0.25) is 6.79 Å². The van der Waals surface area contributed by atoms with E-state index in [1.165, 1.54) is 31.3 Å². The first-order valence-electron chi connectivity index (χ1n) is 11.8. The number of esters is 1. The van der Waals surface area contributed by atoms with Crippen LogP contribution >= 0.6 is 8.18 Å². The summed E-state index contributed by atoms with van der Waals surface area (Å²) < 4.78 is 52.3. The number of carbonyl (C=O) groups is 2. The lowest BCUT2D eigenvalue weighted by molar-refractivity contribution is -0.149. The van der Waals surface area contributed by atoms with Crippen molar-refractivity contribution in [3.63, 3.8) is 0 Å². The van der Waals surface area contributed by atoms with E-state index in [0.29, 0.717) is 11.5 Å². The molecule has 0 aliphatic carbocycles. The fourth-order valence-electron chi connectivity index (χ4n) is 3.14. The Kier molecular flexibility index (Phi) is 10.9. The number of alkyl halides is 1. The summed E-state index contributed by atoms with van der Waals surface area (Å²) in [5, 5.41) is 14.9. The Labute approximate surface area is 223 Å². The summed E-state index contributed by atoms with van der Waals surface area (Å²) >= 11 is 0. The third kappa shape index (κ3) is 8.83. The standard InChI is InChI=1S/C23H30FN4O10P/c1-13(2)38-22(31)14(3)27-39(33)37-10-19(16(29)9-24)34-11-28-7-6-20(26-23(28)32)25-21(30)15-4-5-17-18(8-15)36-12-35-17/h4-8,13-14,16,19,29,39H,9-12H2,1-3H3,(H,27,33)(H,25,26,30,32)/t14-,16+,19?/m0/s1. The van der Waals surface area contributed by atoms with Gasteiger partial charge in [-0.25, -0.2) is 14.3 Å². The number of aliphatic hydroxyl groups excluding tert-OH is 1. The highest BCUT2D eigenvalue weighted by Crippen LogP contribution is 2.32. The molecule has 0 bridgehead atoms. The molecule has 0 saturated heterocycles. The summed E-state index contributed by atoms with van der Waals surface area (Å²) in [6.45, 7) is 2.65. The number of benzene rings is 1. The molecule has 1 amide bonds. The van der Waals surface area contributed by atoms with Gasteiger partial charge < -0.3 is 33.9 Å². The minimum atomic E-state index is -2.99. The van der Waals surface area contributed by atoms with Crippen molar-refractivity contribution in [2.45, 2.75) is 51.9 Å². The number of halogens is 1. The number of aliphatic hydroxyl groups is 1. The molecule has 2 unspecified atom stereocenters. The zero-order chi connectivity index (χ0) is 28.5. The molecule has 2 aromatic rings. The zero-order valence-electron chi connectivity index (χ0n) is 21.4. The molecule has 1 aliphatic heterocycles. The summed E-state index contributed by atoms with van der Waals surface area (Å²) in [6, 6.07) is 5.01. The number of nitrogens with one attached hydrogen (secondary N) is 2. The molecule has 2 heterocycles. The molecule has 39 heavy (non-hydrogen) atoms. The van der Waals surface area contributed by atoms with Gasteiger partial charge >= 0.3 is 11.7 Å². The predicted octanol–water partition coefficient (Wildman–Crippen LogP) is 1.23. The van der Waals surface area contributed by atoms with Crippen molar-refractivity contribution in [3.8, 4) is 11.5 Å². The molecule has 0 saturated carbocycles. The van der Waals surface area contributed by atoms with Crippen LogP contribution in [0.15, 0.2) is 35.3 Å². The molecule has 16 heteroatoms. The molecule has 14 nitrogen and oxygen atoms in total. The van der Waals surface area contributed by atoms with Crippen molar-refractivity contribution in [1.82, 2.24) is 14.6 Å². The van der Waals surface area contributed by atoms with Crippen molar-refractivity contribution in [2.24, 2.45) is 0 Å². The Hall–Kier alpha value is -3.36. The third-order valence-corrected chi connectivity index (χ3v) is 6.28. The molecular weight excluding hydrogens is 542 g/mol. The molecular formula is C23H30FN4O10P. The number of hydrogen-bond donors (Lipinski definition) is 3. The van der Waals surface area contributed by atoms with Gasteiger partial charge in [0.25, 0.3) is 14.1 Å². The molecule has 3 rings (SSSR count). The third-order valence-electron chi connectivity index (χ3n) is 5.18. The first-order valence-corrected chi connectivity index (χ1v) is 13.2. The highest BCUT2D eigenvalue weighted by atomic mass is 31.1. The van der Waals surface area contributed by atoms with E-state index in [-0.39, 0.29) is 24.3 Å². The van der Waals surface area contributed by atoms with Gasteiger partial charge in [0.05, 0.1) is 12.7 Å². The van der Waals surface area contributed by atoms with E-state index in [1.807, 2.05) is 0 Å². The van der Waals surface area contributed by atoms with Crippen LogP contribution in [-0.4, -0.2) is 71.0 Å². The highest BCUT2D eigenvalue weighted by Gasteiger charge is 2.24. The van der Waals surface area contributed by atoms with Crippen molar-refractivity contribution in [1.29, 1.82) is 0 Å². The summed E-state index contributed by atoms with van der Waals surface area (Å²) in [5.41, 5.74) is -0.544. The van der Waals surface area contributed by atoms with Gasteiger partial charge in [-0.1, -0.05) is 0 Å². The number of anilines is 1. The van der Waals surface area contributed by atoms with E-state index in [4.69, 9.17) is 23.5 Å². The number of hydrogen-bond acceptors (Lipinski definition) is 11. The van der Waals surface area contributed by atoms with Gasteiger partial charge in [-0.15, -0.1) is 0 Å².